The van der Waals surface area contributed by atoms with Crippen LogP contribution in [0.15, 0.2) is 18.2 Å². The Balaban J connectivity index is 2.05. The molecule has 0 amide bonds. The van der Waals surface area contributed by atoms with Gasteiger partial charge < -0.3 is 5.32 Å². The predicted molar refractivity (Wildman–Crippen MR) is 77.5 cm³/mol. The first-order valence-electron chi connectivity index (χ1n) is 6.88. The zero-order valence-corrected chi connectivity index (χ0v) is 11.9. The third-order valence-corrected chi connectivity index (χ3v) is 3.98. The number of hydrogen-bond acceptors (Lipinski definition) is 3. The minimum absolute atomic E-state index is 0.165. The molecular formula is C15H22N2O2. The van der Waals surface area contributed by atoms with Crippen LogP contribution in [-0.4, -0.2) is 11.0 Å². The van der Waals surface area contributed by atoms with Crippen molar-refractivity contribution in [2.75, 3.05) is 5.32 Å². The number of nitrogens with zero attached hydrogens (tertiary/aromatic N) is 1. The van der Waals surface area contributed by atoms with E-state index in [0.717, 1.165) is 24.1 Å². The Kier molecular flexibility index (Phi) is 3.78. The summed E-state index contributed by atoms with van der Waals surface area (Å²) >= 11 is 0. The second-order valence-corrected chi connectivity index (χ2v) is 6.40. The summed E-state index contributed by atoms with van der Waals surface area (Å²) in [4.78, 5) is 10.5. The Labute approximate surface area is 114 Å². The molecular weight excluding hydrogens is 240 g/mol. The predicted octanol–water partition coefficient (Wildman–Crippen LogP) is 4.28. The van der Waals surface area contributed by atoms with Gasteiger partial charge in [-0.2, -0.15) is 0 Å². The van der Waals surface area contributed by atoms with Gasteiger partial charge in [-0.15, -0.1) is 0 Å². The first-order chi connectivity index (χ1) is 8.85. The lowest BCUT2D eigenvalue weighted by atomic mass is 9.75. The molecule has 104 valence electrons. The largest absolute Gasteiger partial charge is 0.382 e. The summed E-state index contributed by atoms with van der Waals surface area (Å²) in [6.07, 6.45) is 4.68. The molecule has 0 aromatic heterocycles. The summed E-state index contributed by atoms with van der Waals surface area (Å²) in [6.45, 7) is 6.50. The number of anilines is 1. The lowest BCUT2D eigenvalue weighted by Gasteiger charge is -2.35. The van der Waals surface area contributed by atoms with E-state index in [4.69, 9.17) is 0 Å². The maximum Gasteiger partial charge on any atom is 0.271 e. The van der Waals surface area contributed by atoms with Crippen LogP contribution in [0.25, 0.3) is 0 Å². The monoisotopic (exact) mass is 262 g/mol. The highest BCUT2D eigenvalue weighted by atomic mass is 16.6. The molecule has 4 heteroatoms. The molecule has 0 unspecified atom stereocenters. The van der Waals surface area contributed by atoms with Crippen LogP contribution in [0.4, 0.5) is 11.4 Å². The molecule has 0 bridgehead atoms. The number of nitro groups is 1. The highest BCUT2D eigenvalue weighted by Gasteiger charge is 2.26. The van der Waals surface area contributed by atoms with Gasteiger partial charge in [0.25, 0.3) is 5.69 Å². The van der Waals surface area contributed by atoms with E-state index in [1.165, 1.54) is 12.8 Å². The van der Waals surface area contributed by atoms with E-state index in [-0.39, 0.29) is 10.6 Å². The van der Waals surface area contributed by atoms with E-state index in [2.05, 4.69) is 19.2 Å². The van der Waals surface area contributed by atoms with Crippen molar-refractivity contribution < 1.29 is 4.92 Å². The van der Waals surface area contributed by atoms with Crippen LogP contribution in [0.1, 0.15) is 45.1 Å². The third-order valence-electron chi connectivity index (χ3n) is 3.98. The number of nitro benzene ring substituents is 1. The average molecular weight is 262 g/mol. The van der Waals surface area contributed by atoms with Crippen LogP contribution >= 0.6 is 0 Å². The molecule has 0 aliphatic heterocycles. The number of non-ortho nitro benzene ring substituents is 1. The fraction of sp³-hybridized carbons (Fsp3) is 0.600. The topological polar surface area (TPSA) is 55.2 Å². The lowest BCUT2D eigenvalue weighted by molar-refractivity contribution is -0.384. The van der Waals surface area contributed by atoms with Crippen LogP contribution in [0.2, 0.25) is 0 Å². The van der Waals surface area contributed by atoms with Crippen molar-refractivity contribution in [2.45, 2.75) is 52.5 Å². The van der Waals surface area contributed by atoms with Crippen molar-refractivity contribution in [3.63, 3.8) is 0 Å². The molecule has 1 aromatic carbocycles. The lowest BCUT2D eigenvalue weighted by Crippen LogP contribution is -2.29. The fourth-order valence-corrected chi connectivity index (χ4v) is 2.73. The molecule has 0 atom stereocenters. The van der Waals surface area contributed by atoms with Crippen LogP contribution in [0.5, 0.6) is 0 Å². The van der Waals surface area contributed by atoms with Gasteiger partial charge in [0.15, 0.2) is 0 Å². The molecule has 1 aromatic rings. The van der Waals surface area contributed by atoms with Gasteiger partial charge in [0, 0.05) is 23.9 Å². The van der Waals surface area contributed by atoms with Crippen molar-refractivity contribution in [2.24, 2.45) is 5.41 Å². The number of nitrogens with one attached hydrogen (secondary N) is 1. The summed E-state index contributed by atoms with van der Waals surface area (Å²) in [5.41, 5.74) is 2.40. The summed E-state index contributed by atoms with van der Waals surface area (Å²) in [5, 5.41) is 14.3. The molecule has 0 spiro atoms. The first-order valence-corrected chi connectivity index (χ1v) is 6.88. The smallest absolute Gasteiger partial charge is 0.271 e. The zero-order valence-electron chi connectivity index (χ0n) is 11.9. The molecule has 1 fully saturated rings. The van der Waals surface area contributed by atoms with Gasteiger partial charge in [-0.1, -0.05) is 13.8 Å². The van der Waals surface area contributed by atoms with Crippen molar-refractivity contribution in [1.82, 2.24) is 0 Å². The molecule has 2 rings (SSSR count). The summed E-state index contributed by atoms with van der Waals surface area (Å²) in [5.74, 6) is 0. The van der Waals surface area contributed by atoms with Gasteiger partial charge >= 0.3 is 0 Å². The van der Waals surface area contributed by atoms with Gasteiger partial charge in [0.1, 0.15) is 0 Å². The third kappa shape index (κ3) is 3.69. The SMILES string of the molecule is Cc1cc(NC2CCC(C)(C)CC2)cc([N+](=O)[O-])c1. The fourth-order valence-electron chi connectivity index (χ4n) is 2.73. The minimum atomic E-state index is -0.331. The van der Waals surface area contributed by atoms with E-state index < -0.39 is 0 Å². The van der Waals surface area contributed by atoms with Crippen molar-refractivity contribution in [1.29, 1.82) is 0 Å². The molecule has 19 heavy (non-hydrogen) atoms. The molecule has 1 aliphatic carbocycles. The quantitative estimate of drug-likeness (QED) is 0.653. The van der Waals surface area contributed by atoms with E-state index >= 15 is 0 Å². The van der Waals surface area contributed by atoms with Crippen molar-refractivity contribution in [3.8, 4) is 0 Å². The molecule has 0 heterocycles. The van der Waals surface area contributed by atoms with Gasteiger partial charge in [-0.25, -0.2) is 0 Å². The number of aryl methyl sites for hydroxylation is 1. The molecule has 0 saturated heterocycles. The van der Waals surface area contributed by atoms with Crippen LogP contribution in [0, 0.1) is 22.5 Å². The molecule has 1 saturated carbocycles. The Morgan fingerprint density at radius 3 is 2.47 bits per heavy atom. The van der Waals surface area contributed by atoms with Crippen LogP contribution in [0.3, 0.4) is 0 Å². The number of benzene rings is 1. The van der Waals surface area contributed by atoms with E-state index in [1.807, 2.05) is 13.0 Å². The molecule has 4 nitrogen and oxygen atoms in total. The standard InChI is InChI=1S/C15H22N2O2/c1-11-8-13(10-14(9-11)17(18)19)16-12-4-6-15(2,3)7-5-12/h8-10,12,16H,4-7H2,1-3H3. The average Bonchev–Trinajstić information content (AvgIpc) is 2.31. The van der Waals surface area contributed by atoms with Gasteiger partial charge in [0.05, 0.1) is 4.92 Å². The Morgan fingerprint density at radius 1 is 1.26 bits per heavy atom. The second kappa shape index (κ2) is 5.19. The summed E-state index contributed by atoms with van der Waals surface area (Å²) in [7, 11) is 0. The maximum absolute atomic E-state index is 10.9. The summed E-state index contributed by atoms with van der Waals surface area (Å²) < 4.78 is 0. The van der Waals surface area contributed by atoms with Gasteiger partial charge in [-0.3, -0.25) is 10.1 Å². The highest BCUT2D eigenvalue weighted by molar-refractivity contribution is 5.54. The Hall–Kier alpha value is -1.58. The molecule has 1 aliphatic rings. The van der Waals surface area contributed by atoms with Crippen molar-refractivity contribution in [3.05, 3.63) is 33.9 Å². The molecule has 1 N–H and O–H groups in total. The zero-order chi connectivity index (χ0) is 14.0. The van der Waals surface area contributed by atoms with Crippen LogP contribution < -0.4 is 5.32 Å². The van der Waals surface area contributed by atoms with E-state index in [9.17, 15) is 10.1 Å². The Bertz CT molecular complexity index is 473. The number of rotatable bonds is 3. The molecule has 0 radical (unpaired) electrons. The van der Waals surface area contributed by atoms with E-state index in [1.54, 1.807) is 12.1 Å². The second-order valence-electron chi connectivity index (χ2n) is 6.40. The summed E-state index contributed by atoms with van der Waals surface area (Å²) in [6, 6.07) is 5.66. The van der Waals surface area contributed by atoms with Crippen LogP contribution in [-0.2, 0) is 0 Å². The maximum atomic E-state index is 10.9. The Morgan fingerprint density at radius 2 is 1.89 bits per heavy atom. The van der Waals surface area contributed by atoms with E-state index in [0.29, 0.717) is 11.5 Å². The van der Waals surface area contributed by atoms with Crippen molar-refractivity contribution >= 4 is 11.4 Å². The van der Waals surface area contributed by atoms with Gasteiger partial charge in [-0.05, 0) is 49.7 Å². The minimum Gasteiger partial charge on any atom is -0.382 e. The number of hydrogen-bond donors (Lipinski definition) is 1. The normalized spacial score (nSPS) is 19.1. The highest BCUT2D eigenvalue weighted by Crippen LogP contribution is 2.36. The first kappa shape index (κ1) is 13.8. The van der Waals surface area contributed by atoms with Gasteiger partial charge in [0.2, 0.25) is 0 Å².